The SMILES string of the molecule is CN=C1C(/C(C)=C/C=CC(C)C(C)(C)C)=CC=C(/C(C)=C/C=C(\C)C(C)(C)C)C1=NC. The molecule has 0 aromatic carbocycles. The Bertz CT molecular complexity index is 895. The van der Waals surface area contributed by atoms with E-state index in [0.717, 1.165) is 22.6 Å². The molecular weight excluding hydrogens is 376 g/mol. The van der Waals surface area contributed by atoms with Crippen LogP contribution in [0.1, 0.15) is 69.2 Å². The van der Waals surface area contributed by atoms with Gasteiger partial charge in [-0.2, -0.15) is 0 Å². The molecule has 31 heavy (non-hydrogen) atoms. The number of hydrogen-bond acceptors (Lipinski definition) is 2. The van der Waals surface area contributed by atoms with Crippen molar-refractivity contribution in [3.05, 3.63) is 70.4 Å². The quantitative estimate of drug-likeness (QED) is 0.317. The van der Waals surface area contributed by atoms with Crippen LogP contribution in [-0.4, -0.2) is 25.5 Å². The topological polar surface area (TPSA) is 24.7 Å². The first kappa shape index (κ1) is 26.8. The van der Waals surface area contributed by atoms with Gasteiger partial charge < -0.3 is 0 Å². The van der Waals surface area contributed by atoms with Gasteiger partial charge >= 0.3 is 0 Å². The Hall–Kier alpha value is -2.22. The summed E-state index contributed by atoms with van der Waals surface area (Å²) in [5, 5.41) is 0. The fraction of sp³-hybridized carbons (Fsp3) is 0.517. The van der Waals surface area contributed by atoms with Crippen molar-refractivity contribution in [2.75, 3.05) is 14.1 Å². The lowest BCUT2D eigenvalue weighted by atomic mass is 9.82. The molecule has 0 saturated heterocycles. The molecule has 0 bridgehead atoms. The van der Waals surface area contributed by atoms with Crippen LogP contribution in [0.25, 0.3) is 0 Å². The van der Waals surface area contributed by atoms with Crippen LogP contribution in [0.2, 0.25) is 0 Å². The van der Waals surface area contributed by atoms with Gasteiger partial charge in [-0.3, -0.25) is 9.98 Å². The lowest BCUT2D eigenvalue weighted by Gasteiger charge is -2.24. The first-order valence-electron chi connectivity index (χ1n) is 11.3. The molecule has 0 spiro atoms. The molecule has 0 saturated carbocycles. The molecule has 0 N–H and O–H groups in total. The third-order valence-electron chi connectivity index (χ3n) is 6.33. The molecule has 0 aliphatic heterocycles. The number of aliphatic imine (C=N–C) groups is 2. The summed E-state index contributed by atoms with van der Waals surface area (Å²) in [4.78, 5) is 9.24. The molecule has 1 atom stereocenters. The fourth-order valence-electron chi connectivity index (χ4n) is 3.00. The molecule has 0 aromatic rings. The molecule has 0 heterocycles. The minimum Gasteiger partial charge on any atom is -0.286 e. The summed E-state index contributed by atoms with van der Waals surface area (Å²) >= 11 is 0. The lowest BCUT2D eigenvalue weighted by molar-refractivity contribution is 0.314. The third-order valence-corrected chi connectivity index (χ3v) is 6.33. The first-order chi connectivity index (χ1) is 14.2. The highest BCUT2D eigenvalue weighted by molar-refractivity contribution is 6.56. The summed E-state index contributed by atoms with van der Waals surface area (Å²) < 4.78 is 0. The smallest absolute Gasteiger partial charge is 0.0903 e. The van der Waals surface area contributed by atoms with Gasteiger partial charge in [0.2, 0.25) is 0 Å². The number of hydrogen-bond donors (Lipinski definition) is 0. The molecular formula is C29H44N2. The molecule has 2 nitrogen and oxygen atoms in total. The van der Waals surface area contributed by atoms with Crippen molar-refractivity contribution < 1.29 is 0 Å². The van der Waals surface area contributed by atoms with Crippen molar-refractivity contribution in [1.29, 1.82) is 0 Å². The zero-order valence-corrected chi connectivity index (χ0v) is 22.0. The van der Waals surface area contributed by atoms with Gasteiger partial charge in [0.25, 0.3) is 0 Å². The number of rotatable bonds is 5. The number of nitrogens with zero attached hydrogens (tertiary/aromatic N) is 2. The van der Waals surface area contributed by atoms with Gasteiger partial charge in [0.15, 0.2) is 0 Å². The Morgan fingerprint density at radius 2 is 1.23 bits per heavy atom. The van der Waals surface area contributed by atoms with E-state index in [1.807, 2.05) is 14.1 Å². The van der Waals surface area contributed by atoms with Crippen LogP contribution in [0.3, 0.4) is 0 Å². The molecule has 1 aliphatic rings. The van der Waals surface area contributed by atoms with Crippen molar-refractivity contribution in [3.8, 4) is 0 Å². The number of allylic oxidation sites excluding steroid dienone is 12. The molecule has 0 aromatic heterocycles. The maximum absolute atomic E-state index is 4.62. The monoisotopic (exact) mass is 420 g/mol. The summed E-state index contributed by atoms with van der Waals surface area (Å²) in [5.41, 5.74) is 8.35. The Morgan fingerprint density at radius 3 is 1.61 bits per heavy atom. The van der Waals surface area contributed by atoms with E-state index in [2.05, 4.69) is 122 Å². The van der Waals surface area contributed by atoms with Gasteiger partial charge in [0.1, 0.15) is 0 Å². The summed E-state index contributed by atoms with van der Waals surface area (Å²) in [6, 6.07) is 0. The van der Waals surface area contributed by atoms with Crippen LogP contribution in [0.5, 0.6) is 0 Å². The maximum Gasteiger partial charge on any atom is 0.0903 e. The van der Waals surface area contributed by atoms with Crippen LogP contribution >= 0.6 is 0 Å². The van der Waals surface area contributed by atoms with Gasteiger partial charge in [-0.1, -0.05) is 96.6 Å². The van der Waals surface area contributed by atoms with Crippen molar-refractivity contribution in [2.45, 2.75) is 69.2 Å². The lowest BCUT2D eigenvalue weighted by Crippen LogP contribution is -2.23. The van der Waals surface area contributed by atoms with Crippen molar-refractivity contribution in [1.82, 2.24) is 0 Å². The Kier molecular flexibility index (Phi) is 9.42. The maximum atomic E-state index is 4.62. The second-order valence-electron chi connectivity index (χ2n) is 10.6. The second-order valence-corrected chi connectivity index (χ2v) is 10.6. The zero-order chi connectivity index (χ0) is 24.0. The standard InChI is InChI=1S/C29H44N2/c1-20(14-13-15-22(3)28(5,6)7)24-18-19-25(27(31-12)26(24)30-11)21(2)16-17-23(4)29(8,9)10/h13-19,22H,1-12H3/b15-13?,20-14+,21-16+,23-17+,30-26?,31-27?. The van der Waals surface area contributed by atoms with Gasteiger partial charge in [-0.25, -0.2) is 0 Å². The highest BCUT2D eigenvalue weighted by Crippen LogP contribution is 2.28. The Labute approximate surface area is 192 Å². The van der Waals surface area contributed by atoms with Gasteiger partial charge in [0, 0.05) is 25.2 Å². The molecule has 1 unspecified atom stereocenters. The average molecular weight is 421 g/mol. The van der Waals surface area contributed by atoms with E-state index >= 15 is 0 Å². The second kappa shape index (κ2) is 10.9. The van der Waals surface area contributed by atoms with E-state index in [1.54, 1.807) is 0 Å². The van der Waals surface area contributed by atoms with E-state index in [1.165, 1.54) is 16.7 Å². The Balaban J connectivity index is 3.33. The third kappa shape index (κ3) is 7.45. The predicted molar refractivity (Wildman–Crippen MR) is 141 cm³/mol. The van der Waals surface area contributed by atoms with Crippen LogP contribution in [-0.2, 0) is 0 Å². The van der Waals surface area contributed by atoms with Crippen LogP contribution < -0.4 is 0 Å². The van der Waals surface area contributed by atoms with Crippen LogP contribution in [0, 0.1) is 16.7 Å². The summed E-state index contributed by atoms with van der Waals surface area (Å²) in [5.74, 6) is 0.507. The minimum absolute atomic E-state index is 0.169. The molecule has 170 valence electrons. The van der Waals surface area contributed by atoms with Gasteiger partial charge in [0.05, 0.1) is 11.4 Å². The van der Waals surface area contributed by atoms with Crippen molar-refractivity contribution in [2.24, 2.45) is 26.7 Å². The van der Waals surface area contributed by atoms with E-state index in [0.29, 0.717) is 5.92 Å². The minimum atomic E-state index is 0.169. The van der Waals surface area contributed by atoms with Gasteiger partial charge in [-0.15, -0.1) is 0 Å². The summed E-state index contributed by atoms with van der Waals surface area (Å²) in [6.07, 6.45) is 15.4. The largest absolute Gasteiger partial charge is 0.286 e. The van der Waals surface area contributed by atoms with E-state index in [-0.39, 0.29) is 10.8 Å². The Morgan fingerprint density at radius 1 is 0.774 bits per heavy atom. The fourth-order valence-corrected chi connectivity index (χ4v) is 3.00. The predicted octanol–water partition coefficient (Wildman–Crippen LogP) is 8.12. The molecule has 0 fully saturated rings. The molecule has 1 aliphatic carbocycles. The highest BCUT2D eigenvalue weighted by atomic mass is 14.8. The molecule has 0 amide bonds. The van der Waals surface area contributed by atoms with E-state index < -0.39 is 0 Å². The summed E-state index contributed by atoms with van der Waals surface area (Å²) in [6.45, 7) is 22.3. The first-order valence-corrected chi connectivity index (χ1v) is 11.3. The van der Waals surface area contributed by atoms with Gasteiger partial charge in [-0.05, 0) is 48.7 Å². The van der Waals surface area contributed by atoms with E-state index in [9.17, 15) is 0 Å². The van der Waals surface area contributed by atoms with Crippen LogP contribution in [0.4, 0.5) is 0 Å². The van der Waals surface area contributed by atoms with Crippen LogP contribution in [0.15, 0.2) is 80.4 Å². The normalized spacial score (nSPS) is 21.1. The molecule has 0 radical (unpaired) electrons. The van der Waals surface area contributed by atoms with Crippen molar-refractivity contribution in [3.63, 3.8) is 0 Å². The highest BCUT2D eigenvalue weighted by Gasteiger charge is 2.22. The zero-order valence-electron chi connectivity index (χ0n) is 22.0. The molecule has 2 heteroatoms. The average Bonchev–Trinajstić information content (AvgIpc) is 2.68. The summed E-state index contributed by atoms with van der Waals surface area (Å²) in [7, 11) is 3.70. The van der Waals surface area contributed by atoms with Crippen molar-refractivity contribution >= 4 is 11.4 Å². The molecule has 1 rings (SSSR count). The van der Waals surface area contributed by atoms with E-state index in [4.69, 9.17) is 0 Å².